The molecular formula is C18H19N3O5S. The van der Waals surface area contributed by atoms with Crippen LogP contribution in [-0.4, -0.2) is 27.5 Å². The van der Waals surface area contributed by atoms with Gasteiger partial charge < -0.3 is 9.47 Å². The molecule has 27 heavy (non-hydrogen) atoms. The maximum absolute atomic E-state index is 12.3. The Kier molecular flexibility index (Phi) is 6.39. The molecule has 2 aromatic rings. The van der Waals surface area contributed by atoms with E-state index in [1.165, 1.54) is 43.5 Å². The zero-order valence-corrected chi connectivity index (χ0v) is 15.8. The number of carbonyl (C=O) groups excluding carboxylic acids is 1. The summed E-state index contributed by atoms with van der Waals surface area (Å²) in [7, 11) is -2.59. The van der Waals surface area contributed by atoms with E-state index < -0.39 is 15.9 Å². The smallest absolute Gasteiger partial charge is 0.266 e. The topological polar surface area (TPSA) is 118 Å². The molecule has 0 radical (unpaired) electrons. The Balaban J connectivity index is 2.14. The fraction of sp³-hybridized carbons (Fsp3) is 0.222. The first-order chi connectivity index (χ1) is 12.8. The summed E-state index contributed by atoms with van der Waals surface area (Å²) in [6, 6.07) is 11.8. The van der Waals surface area contributed by atoms with E-state index in [0.29, 0.717) is 11.5 Å². The van der Waals surface area contributed by atoms with Gasteiger partial charge in [0.2, 0.25) is 0 Å². The van der Waals surface area contributed by atoms with Crippen molar-refractivity contribution in [1.29, 1.82) is 5.26 Å². The van der Waals surface area contributed by atoms with Crippen molar-refractivity contribution in [2.24, 2.45) is 0 Å². The molecule has 2 aromatic carbocycles. The summed E-state index contributed by atoms with van der Waals surface area (Å²) in [5.74, 6) is 0.142. The van der Waals surface area contributed by atoms with E-state index >= 15 is 0 Å². The first-order valence-corrected chi connectivity index (χ1v) is 9.42. The zero-order valence-electron chi connectivity index (χ0n) is 15.0. The number of hydrazine groups is 1. The van der Waals surface area contributed by atoms with Crippen LogP contribution in [0.1, 0.15) is 29.8 Å². The van der Waals surface area contributed by atoms with Crippen molar-refractivity contribution < 1.29 is 22.7 Å². The first kappa shape index (κ1) is 20.2. The highest BCUT2D eigenvalue weighted by Crippen LogP contribution is 2.28. The summed E-state index contributed by atoms with van der Waals surface area (Å²) < 4.78 is 35.3. The molecule has 0 heterocycles. The second kappa shape index (κ2) is 8.53. The first-order valence-electron chi connectivity index (χ1n) is 7.94. The number of nitriles is 1. The number of hydrogen-bond donors (Lipinski definition) is 2. The summed E-state index contributed by atoms with van der Waals surface area (Å²) in [6.07, 6.45) is -0.0745. The average molecular weight is 389 g/mol. The van der Waals surface area contributed by atoms with Crippen LogP contribution in [0.5, 0.6) is 11.5 Å². The van der Waals surface area contributed by atoms with Crippen LogP contribution in [0.15, 0.2) is 47.4 Å². The number of hydrogen-bond acceptors (Lipinski definition) is 6. The van der Waals surface area contributed by atoms with Gasteiger partial charge in [-0.2, -0.15) is 5.26 Å². The van der Waals surface area contributed by atoms with E-state index in [2.05, 4.69) is 5.43 Å². The maximum Gasteiger partial charge on any atom is 0.266 e. The van der Waals surface area contributed by atoms with Crippen molar-refractivity contribution in [2.75, 3.05) is 7.11 Å². The van der Waals surface area contributed by atoms with E-state index in [-0.39, 0.29) is 22.1 Å². The Morgan fingerprint density at radius 1 is 1.15 bits per heavy atom. The minimum absolute atomic E-state index is 0.0745. The lowest BCUT2D eigenvalue weighted by Gasteiger charge is -2.14. The van der Waals surface area contributed by atoms with Crippen LogP contribution in [0.3, 0.4) is 0 Å². The number of methoxy groups -OCH3 is 1. The Bertz CT molecular complexity index is 981. The van der Waals surface area contributed by atoms with Crippen LogP contribution in [-0.2, 0) is 10.0 Å². The van der Waals surface area contributed by atoms with Gasteiger partial charge in [0.05, 0.1) is 29.7 Å². The minimum atomic E-state index is -4.02. The van der Waals surface area contributed by atoms with Crippen LogP contribution in [0.2, 0.25) is 0 Å². The van der Waals surface area contributed by atoms with E-state index in [1.54, 1.807) is 6.07 Å². The normalized spacial score (nSPS) is 10.9. The van der Waals surface area contributed by atoms with Gasteiger partial charge in [0.15, 0.2) is 11.5 Å². The molecule has 1 amide bonds. The largest absolute Gasteiger partial charge is 0.493 e. The number of nitrogens with one attached hydrogen (secondary N) is 2. The third kappa shape index (κ3) is 5.20. The second-order valence-electron chi connectivity index (χ2n) is 5.73. The van der Waals surface area contributed by atoms with Crippen molar-refractivity contribution in [1.82, 2.24) is 10.3 Å². The highest BCUT2D eigenvalue weighted by atomic mass is 32.2. The predicted molar refractivity (Wildman–Crippen MR) is 97.7 cm³/mol. The van der Waals surface area contributed by atoms with Crippen molar-refractivity contribution in [3.8, 4) is 17.6 Å². The van der Waals surface area contributed by atoms with Gasteiger partial charge >= 0.3 is 0 Å². The zero-order chi connectivity index (χ0) is 20.0. The van der Waals surface area contributed by atoms with Gasteiger partial charge in [0.1, 0.15) is 0 Å². The van der Waals surface area contributed by atoms with Crippen LogP contribution >= 0.6 is 0 Å². The van der Waals surface area contributed by atoms with Gasteiger partial charge in [0.25, 0.3) is 15.9 Å². The molecule has 0 fully saturated rings. The number of benzene rings is 2. The number of nitrogens with zero attached hydrogens (tertiary/aromatic N) is 1. The Morgan fingerprint density at radius 2 is 1.89 bits per heavy atom. The summed E-state index contributed by atoms with van der Waals surface area (Å²) in [5.41, 5.74) is 2.50. The van der Waals surface area contributed by atoms with Gasteiger partial charge in [-0.1, -0.05) is 6.07 Å². The van der Waals surface area contributed by atoms with Gasteiger partial charge in [-0.3, -0.25) is 10.2 Å². The Morgan fingerprint density at radius 3 is 2.52 bits per heavy atom. The molecule has 0 unspecified atom stereocenters. The molecule has 0 bridgehead atoms. The van der Waals surface area contributed by atoms with Gasteiger partial charge in [-0.25, -0.2) is 8.42 Å². The van der Waals surface area contributed by atoms with E-state index in [4.69, 9.17) is 14.7 Å². The van der Waals surface area contributed by atoms with E-state index in [9.17, 15) is 13.2 Å². The van der Waals surface area contributed by atoms with Crippen molar-refractivity contribution in [3.05, 3.63) is 53.6 Å². The summed E-state index contributed by atoms with van der Waals surface area (Å²) >= 11 is 0. The van der Waals surface area contributed by atoms with Crippen LogP contribution < -0.4 is 19.7 Å². The molecule has 0 aliphatic rings. The van der Waals surface area contributed by atoms with Gasteiger partial charge in [0, 0.05) is 5.56 Å². The number of amides is 1. The van der Waals surface area contributed by atoms with Crippen LogP contribution in [0, 0.1) is 11.3 Å². The van der Waals surface area contributed by atoms with Crippen molar-refractivity contribution in [2.45, 2.75) is 24.8 Å². The highest BCUT2D eigenvalue weighted by Gasteiger charge is 2.17. The van der Waals surface area contributed by atoms with Gasteiger partial charge in [-0.15, -0.1) is 4.83 Å². The SMILES string of the molecule is COc1cc(C(=O)NNS(=O)(=O)c2cccc(C#N)c2)ccc1OC(C)C. The molecule has 0 aliphatic carbocycles. The number of carbonyl (C=O) groups is 1. The third-order valence-electron chi connectivity index (χ3n) is 3.36. The summed E-state index contributed by atoms with van der Waals surface area (Å²) in [6.45, 7) is 3.71. The molecule has 0 saturated heterocycles. The molecule has 0 atom stereocenters. The Labute approximate surface area is 157 Å². The molecule has 0 saturated carbocycles. The molecule has 2 N–H and O–H groups in total. The minimum Gasteiger partial charge on any atom is -0.493 e. The maximum atomic E-state index is 12.3. The van der Waals surface area contributed by atoms with Crippen LogP contribution in [0.25, 0.3) is 0 Å². The third-order valence-corrected chi connectivity index (χ3v) is 4.61. The van der Waals surface area contributed by atoms with E-state index in [0.717, 1.165) is 0 Å². The van der Waals surface area contributed by atoms with E-state index in [1.807, 2.05) is 24.7 Å². The molecule has 2 rings (SSSR count). The van der Waals surface area contributed by atoms with Crippen LogP contribution in [0.4, 0.5) is 0 Å². The summed E-state index contributed by atoms with van der Waals surface area (Å²) in [5, 5.41) is 8.86. The number of ether oxygens (including phenoxy) is 2. The fourth-order valence-corrected chi connectivity index (χ4v) is 3.02. The lowest BCUT2D eigenvalue weighted by molar-refractivity contribution is 0.0944. The quantitative estimate of drug-likeness (QED) is 0.699. The molecule has 0 aromatic heterocycles. The lowest BCUT2D eigenvalue weighted by atomic mass is 10.2. The second-order valence-corrected chi connectivity index (χ2v) is 7.41. The molecule has 0 spiro atoms. The Hall–Kier alpha value is -3.09. The highest BCUT2D eigenvalue weighted by molar-refractivity contribution is 7.89. The molecule has 8 nitrogen and oxygen atoms in total. The molecule has 9 heteroatoms. The standard InChI is InChI=1S/C18H19N3O5S/c1-12(2)26-16-8-7-14(10-17(16)25-3)18(22)20-21-27(23,24)15-6-4-5-13(9-15)11-19/h4-10,12,21H,1-3H3,(H,20,22). The van der Waals surface area contributed by atoms with Crippen molar-refractivity contribution in [3.63, 3.8) is 0 Å². The average Bonchev–Trinajstić information content (AvgIpc) is 2.66. The monoisotopic (exact) mass is 389 g/mol. The summed E-state index contributed by atoms with van der Waals surface area (Å²) in [4.78, 5) is 14.1. The molecule has 142 valence electrons. The number of sulfonamides is 1. The van der Waals surface area contributed by atoms with Gasteiger partial charge in [-0.05, 0) is 50.2 Å². The number of rotatable bonds is 7. The fourth-order valence-electron chi connectivity index (χ4n) is 2.14. The lowest BCUT2D eigenvalue weighted by Crippen LogP contribution is -2.41. The molecular weight excluding hydrogens is 370 g/mol. The molecule has 0 aliphatic heterocycles. The predicted octanol–water partition coefficient (Wildman–Crippen LogP) is 1.98. The van der Waals surface area contributed by atoms with Crippen molar-refractivity contribution >= 4 is 15.9 Å².